The minimum absolute atomic E-state index is 0.257. The van der Waals surface area contributed by atoms with Gasteiger partial charge in [-0.15, -0.1) is 0 Å². The van der Waals surface area contributed by atoms with E-state index in [2.05, 4.69) is 4.98 Å². The molecule has 4 heteroatoms. The summed E-state index contributed by atoms with van der Waals surface area (Å²) in [5.74, 6) is 0. The molecule has 0 fully saturated rings. The number of hydrogen-bond acceptors (Lipinski definition) is 3. The van der Waals surface area contributed by atoms with Crippen molar-refractivity contribution < 1.29 is 9.84 Å². The van der Waals surface area contributed by atoms with Crippen molar-refractivity contribution in [3.63, 3.8) is 0 Å². The first-order valence-corrected chi connectivity index (χ1v) is 4.22. The number of nitrogens with zero attached hydrogens (tertiary/aromatic N) is 1. The Hall–Kier alpha value is -0.865. The number of aliphatic hydroxyl groups excluding tert-OH is 1. The van der Waals surface area contributed by atoms with Crippen LogP contribution in [0.25, 0.3) is 0 Å². The van der Waals surface area contributed by atoms with Gasteiger partial charge in [-0.2, -0.15) is 0 Å². The molecule has 0 unspecified atom stereocenters. The summed E-state index contributed by atoms with van der Waals surface area (Å²) in [5, 5.41) is 9.53. The molecule has 3 nitrogen and oxygen atoms in total. The molecule has 0 aliphatic rings. The van der Waals surface area contributed by atoms with Crippen molar-refractivity contribution in [3.8, 4) is 0 Å². The van der Waals surface area contributed by atoms with Crippen molar-refractivity contribution >= 4 is 13.4 Å². The van der Waals surface area contributed by atoms with E-state index in [0.717, 1.165) is 0 Å². The minimum atomic E-state index is -0.691. The first kappa shape index (κ1) is 10.2. The molecule has 0 spiro atoms. The van der Waals surface area contributed by atoms with Crippen LogP contribution in [0.5, 0.6) is 0 Å². The van der Waals surface area contributed by atoms with E-state index in [-0.39, 0.29) is 6.61 Å². The highest BCUT2D eigenvalue weighted by atomic mass is 16.5. The van der Waals surface area contributed by atoms with Gasteiger partial charge in [-0.3, -0.25) is 4.98 Å². The average Bonchev–Trinajstić information content (AvgIpc) is 2.14. The standard InChI is InChI=1S/C9H12BNO2/c1-2-13-6-8(12)7-4-3-5-9(10)11-7/h3-5,8,12H,2,6H2,1H3/t8-/m1/s1. The van der Waals surface area contributed by atoms with E-state index in [1.54, 1.807) is 18.2 Å². The lowest BCUT2D eigenvalue weighted by Gasteiger charge is -2.10. The van der Waals surface area contributed by atoms with Crippen LogP contribution in [-0.4, -0.2) is 31.2 Å². The lowest BCUT2D eigenvalue weighted by Crippen LogP contribution is -2.15. The number of rotatable bonds is 4. The van der Waals surface area contributed by atoms with Crippen LogP contribution in [0.2, 0.25) is 0 Å². The first-order chi connectivity index (χ1) is 6.24. The van der Waals surface area contributed by atoms with Crippen LogP contribution in [0.4, 0.5) is 0 Å². The molecule has 0 saturated carbocycles. The molecule has 1 heterocycles. The fourth-order valence-corrected chi connectivity index (χ4v) is 0.969. The van der Waals surface area contributed by atoms with Gasteiger partial charge in [-0.1, -0.05) is 12.1 Å². The minimum Gasteiger partial charge on any atom is -0.384 e. The van der Waals surface area contributed by atoms with Gasteiger partial charge in [0.25, 0.3) is 0 Å². The van der Waals surface area contributed by atoms with Crippen molar-refractivity contribution in [1.82, 2.24) is 4.98 Å². The second kappa shape index (κ2) is 4.99. The molecule has 0 amide bonds. The third-order valence-corrected chi connectivity index (χ3v) is 1.61. The largest absolute Gasteiger partial charge is 0.384 e. The van der Waals surface area contributed by atoms with Crippen LogP contribution in [0.3, 0.4) is 0 Å². The third-order valence-electron chi connectivity index (χ3n) is 1.61. The predicted octanol–water partition coefficient (Wildman–Crippen LogP) is -0.0547. The van der Waals surface area contributed by atoms with Gasteiger partial charge < -0.3 is 9.84 Å². The second-order valence-corrected chi connectivity index (χ2v) is 2.66. The van der Waals surface area contributed by atoms with E-state index >= 15 is 0 Å². The van der Waals surface area contributed by atoms with Crippen LogP contribution >= 0.6 is 0 Å². The maximum Gasteiger partial charge on any atom is 0.141 e. The fraction of sp³-hybridized carbons (Fsp3) is 0.444. The van der Waals surface area contributed by atoms with E-state index in [0.29, 0.717) is 17.9 Å². The van der Waals surface area contributed by atoms with Gasteiger partial charge in [0, 0.05) is 6.61 Å². The molecule has 0 bridgehead atoms. The molecule has 2 radical (unpaired) electrons. The Morgan fingerprint density at radius 1 is 1.62 bits per heavy atom. The molecule has 1 aromatic rings. The summed E-state index contributed by atoms with van der Waals surface area (Å²) in [6, 6.07) is 5.16. The molecule has 0 aliphatic carbocycles. The molecule has 68 valence electrons. The Bertz CT molecular complexity index is 268. The zero-order valence-electron chi connectivity index (χ0n) is 7.60. The number of hydrogen-bond donors (Lipinski definition) is 1. The van der Waals surface area contributed by atoms with E-state index in [4.69, 9.17) is 12.6 Å². The van der Waals surface area contributed by atoms with Crippen LogP contribution < -0.4 is 5.59 Å². The molecule has 1 rings (SSSR count). The Morgan fingerprint density at radius 3 is 3.00 bits per heavy atom. The molecule has 1 aromatic heterocycles. The average molecular weight is 177 g/mol. The third kappa shape index (κ3) is 3.16. The smallest absolute Gasteiger partial charge is 0.141 e. The maximum absolute atomic E-state index is 9.53. The highest BCUT2D eigenvalue weighted by Crippen LogP contribution is 2.07. The number of ether oxygens (including phenoxy) is 1. The van der Waals surface area contributed by atoms with Crippen molar-refractivity contribution in [2.75, 3.05) is 13.2 Å². The van der Waals surface area contributed by atoms with Crippen LogP contribution in [0.15, 0.2) is 18.2 Å². The maximum atomic E-state index is 9.53. The number of pyridine rings is 1. The first-order valence-electron chi connectivity index (χ1n) is 4.22. The Morgan fingerprint density at radius 2 is 2.38 bits per heavy atom. The van der Waals surface area contributed by atoms with Crippen molar-refractivity contribution in [2.45, 2.75) is 13.0 Å². The summed E-state index contributed by atoms with van der Waals surface area (Å²) in [4.78, 5) is 3.97. The van der Waals surface area contributed by atoms with Crippen LogP contribution in [0.1, 0.15) is 18.7 Å². The molecular formula is C9H12BNO2. The van der Waals surface area contributed by atoms with Gasteiger partial charge in [-0.25, -0.2) is 0 Å². The van der Waals surface area contributed by atoms with Gasteiger partial charge in [0.05, 0.1) is 12.3 Å². The van der Waals surface area contributed by atoms with Gasteiger partial charge >= 0.3 is 0 Å². The zero-order chi connectivity index (χ0) is 9.68. The number of aliphatic hydroxyl groups is 1. The predicted molar refractivity (Wildman–Crippen MR) is 51.1 cm³/mol. The molecule has 1 atom stereocenters. The van der Waals surface area contributed by atoms with Gasteiger partial charge in [0.1, 0.15) is 14.0 Å². The van der Waals surface area contributed by atoms with Crippen molar-refractivity contribution in [1.29, 1.82) is 0 Å². The summed E-state index contributed by atoms with van der Waals surface area (Å²) in [7, 11) is 5.46. The van der Waals surface area contributed by atoms with Crippen molar-refractivity contribution in [2.24, 2.45) is 0 Å². The lowest BCUT2D eigenvalue weighted by atomic mass is 10.0. The Kier molecular flexibility index (Phi) is 3.92. The summed E-state index contributed by atoms with van der Waals surface area (Å²) in [6.07, 6.45) is -0.691. The molecule has 0 aliphatic heterocycles. The van der Waals surface area contributed by atoms with E-state index in [1.165, 1.54) is 0 Å². The van der Waals surface area contributed by atoms with E-state index in [9.17, 15) is 5.11 Å². The second-order valence-electron chi connectivity index (χ2n) is 2.66. The highest BCUT2D eigenvalue weighted by Gasteiger charge is 2.07. The van der Waals surface area contributed by atoms with Gasteiger partial charge in [0.15, 0.2) is 0 Å². The van der Waals surface area contributed by atoms with Crippen molar-refractivity contribution in [3.05, 3.63) is 23.9 Å². The topological polar surface area (TPSA) is 42.4 Å². The van der Waals surface area contributed by atoms with Crippen LogP contribution in [0, 0.1) is 0 Å². The summed E-state index contributed by atoms with van der Waals surface area (Å²) >= 11 is 0. The monoisotopic (exact) mass is 177 g/mol. The molecule has 1 N–H and O–H groups in total. The quantitative estimate of drug-likeness (QED) is 0.655. The molecular weight excluding hydrogens is 165 g/mol. The lowest BCUT2D eigenvalue weighted by molar-refractivity contribution is 0.0399. The summed E-state index contributed by atoms with van der Waals surface area (Å²) in [5.41, 5.74) is 0.960. The highest BCUT2D eigenvalue weighted by molar-refractivity contribution is 6.30. The Labute approximate surface area is 79.2 Å². The van der Waals surface area contributed by atoms with E-state index < -0.39 is 6.10 Å². The van der Waals surface area contributed by atoms with Gasteiger partial charge in [-0.05, 0) is 18.6 Å². The zero-order valence-corrected chi connectivity index (χ0v) is 7.60. The normalized spacial score (nSPS) is 12.8. The van der Waals surface area contributed by atoms with E-state index in [1.807, 2.05) is 6.92 Å². The summed E-state index contributed by atoms with van der Waals surface area (Å²) in [6.45, 7) is 2.71. The fourth-order valence-electron chi connectivity index (χ4n) is 0.969. The van der Waals surface area contributed by atoms with Gasteiger partial charge in [0.2, 0.25) is 0 Å². The molecule has 13 heavy (non-hydrogen) atoms. The van der Waals surface area contributed by atoms with Crippen LogP contribution in [-0.2, 0) is 4.74 Å². The Balaban J connectivity index is 2.60. The number of aromatic nitrogens is 1. The molecule has 0 aromatic carbocycles. The SMILES string of the molecule is [B]c1cccc([C@H](O)COCC)n1. The summed E-state index contributed by atoms with van der Waals surface area (Å²) < 4.78 is 5.06. The molecule has 0 saturated heterocycles.